The molecule has 1 aliphatic rings. The van der Waals surface area contributed by atoms with Gasteiger partial charge in [0.2, 0.25) is 0 Å². The number of azide groups is 1. The van der Waals surface area contributed by atoms with Crippen molar-refractivity contribution >= 4 is 0 Å². The summed E-state index contributed by atoms with van der Waals surface area (Å²) in [4.78, 5) is 5.44. The molecule has 1 rings (SSSR count). The number of rotatable bonds is 2. The van der Waals surface area contributed by atoms with Gasteiger partial charge in [0.1, 0.15) is 0 Å². The molecule has 6 nitrogen and oxygen atoms in total. The third-order valence-electron chi connectivity index (χ3n) is 1.72. The molecule has 66 valence electrons. The molecule has 0 atom stereocenters. The van der Waals surface area contributed by atoms with Gasteiger partial charge in [0.25, 0.3) is 0 Å². The molecule has 12 heavy (non-hydrogen) atoms. The van der Waals surface area contributed by atoms with Crippen molar-refractivity contribution in [2.24, 2.45) is 10.2 Å². The van der Waals surface area contributed by atoms with Crippen molar-refractivity contribution in [3.8, 4) is 0 Å². The fourth-order valence-electron chi connectivity index (χ4n) is 1.04. The molecule has 0 spiro atoms. The minimum atomic E-state index is -0.776. The second-order valence-electron chi connectivity index (χ2n) is 2.43. The molecule has 0 unspecified atom stereocenters. The van der Waals surface area contributed by atoms with Gasteiger partial charge in [0.15, 0.2) is 0 Å². The number of hydrogen-bond donors (Lipinski definition) is 0. The van der Waals surface area contributed by atoms with Crippen LogP contribution >= 0.6 is 0 Å². The van der Waals surface area contributed by atoms with Crippen LogP contribution in [0.4, 0.5) is 0 Å². The molecule has 0 aromatic rings. The van der Waals surface area contributed by atoms with Crippen LogP contribution in [0, 0.1) is 0 Å². The topological polar surface area (TPSA) is 97.5 Å². The van der Waals surface area contributed by atoms with Gasteiger partial charge in [0.05, 0.1) is 0 Å². The van der Waals surface area contributed by atoms with E-state index < -0.39 is 5.66 Å². The van der Waals surface area contributed by atoms with Crippen molar-refractivity contribution in [3.05, 3.63) is 20.9 Å². The van der Waals surface area contributed by atoms with Crippen LogP contribution in [-0.2, 0) is 0 Å². The molecular formula is C5H8IN6-. The van der Waals surface area contributed by atoms with Gasteiger partial charge in [-0.1, -0.05) is 0 Å². The first-order valence-electron chi connectivity index (χ1n) is 3.49. The molecule has 1 heterocycles. The average molecular weight is 279 g/mol. The fourth-order valence-corrected chi connectivity index (χ4v) is 4.07. The second kappa shape index (κ2) is 4.39. The number of hydrogen-bond acceptors (Lipinski definition) is 2. The van der Waals surface area contributed by atoms with E-state index in [4.69, 9.17) is 11.1 Å². The zero-order valence-electron chi connectivity index (χ0n) is 6.39. The monoisotopic (exact) mass is 279 g/mol. The number of alkyl halides is 2. The Kier molecular flexibility index (Phi) is 3.46. The van der Waals surface area contributed by atoms with Crippen LogP contribution < -0.4 is 21.2 Å². The van der Waals surface area contributed by atoms with Crippen molar-refractivity contribution in [2.75, 3.05) is 8.86 Å². The van der Waals surface area contributed by atoms with Crippen LogP contribution in [0.15, 0.2) is 10.2 Å². The summed E-state index contributed by atoms with van der Waals surface area (Å²) in [5, 5.41) is 7.17. The Hall–Kier alpha value is -0.650. The number of nitrogens with zero attached hydrogens (tertiary/aromatic N) is 6. The van der Waals surface area contributed by atoms with Gasteiger partial charge in [-0.2, -0.15) is 0 Å². The Morgan fingerprint density at radius 3 is 2.00 bits per heavy atom. The minimum absolute atomic E-state index is 0.266. The summed E-state index contributed by atoms with van der Waals surface area (Å²) in [6.45, 7) is 0. The molecule has 0 aromatic heterocycles. The molecule has 1 fully saturated rings. The van der Waals surface area contributed by atoms with E-state index in [-0.39, 0.29) is 21.2 Å². The van der Waals surface area contributed by atoms with E-state index in [2.05, 4.69) is 20.1 Å². The zero-order valence-corrected chi connectivity index (χ0v) is 8.55. The predicted molar refractivity (Wildman–Crippen MR) is 40.0 cm³/mol. The van der Waals surface area contributed by atoms with Crippen molar-refractivity contribution in [1.82, 2.24) is 0 Å². The molecule has 0 amide bonds. The van der Waals surface area contributed by atoms with E-state index >= 15 is 0 Å². The predicted octanol–water partition coefficient (Wildman–Crippen LogP) is -0.814. The van der Waals surface area contributed by atoms with Crippen LogP contribution in [0.1, 0.15) is 12.8 Å². The summed E-state index contributed by atoms with van der Waals surface area (Å²) in [6, 6.07) is 0. The van der Waals surface area contributed by atoms with Crippen molar-refractivity contribution < 1.29 is 21.2 Å². The molecule has 0 bridgehead atoms. The summed E-state index contributed by atoms with van der Waals surface area (Å²) >= 11 is 0.266. The Balaban J connectivity index is 2.82. The van der Waals surface area contributed by atoms with Gasteiger partial charge in [-0.15, -0.1) is 0 Å². The van der Waals surface area contributed by atoms with Gasteiger partial charge < -0.3 is 0 Å². The summed E-state index contributed by atoms with van der Waals surface area (Å²) < 4.78 is 2.16. The van der Waals surface area contributed by atoms with Crippen molar-refractivity contribution in [3.63, 3.8) is 0 Å². The van der Waals surface area contributed by atoms with Gasteiger partial charge in [-0.25, -0.2) is 0 Å². The summed E-state index contributed by atoms with van der Waals surface area (Å²) in [6.07, 6.45) is 1.46. The molecule has 0 aliphatic carbocycles. The van der Waals surface area contributed by atoms with Crippen molar-refractivity contribution in [2.45, 2.75) is 18.5 Å². The maximum absolute atomic E-state index is 8.29. The first-order chi connectivity index (χ1) is 5.83. The van der Waals surface area contributed by atoms with E-state index in [0.717, 1.165) is 21.7 Å². The average Bonchev–Trinajstić information content (AvgIpc) is 2.07. The molecule has 1 saturated heterocycles. The molecular weight excluding hydrogens is 271 g/mol. The third-order valence-corrected chi connectivity index (χ3v) is 4.32. The summed E-state index contributed by atoms with van der Waals surface area (Å²) in [5.41, 5.74) is 15.8. The number of halogens is 1. The normalized spacial score (nSPS) is 21.0. The SMILES string of the molecule is [N-]=[N+]=NC1(N=[N+]=[N-])CC[I-]CC1. The maximum atomic E-state index is 8.29. The van der Waals surface area contributed by atoms with E-state index in [1.54, 1.807) is 0 Å². The molecule has 0 radical (unpaired) electrons. The van der Waals surface area contributed by atoms with Crippen LogP contribution in [0.25, 0.3) is 20.9 Å². The van der Waals surface area contributed by atoms with Crippen LogP contribution in [0.3, 0.4) is 0 Å². The first-order valence-corrected chi connectivity index (χ1v) is 6.54. The molecule has 1 aliphatic heterocycles. The van der Waals surface area contributed by atoms with Gasteiger partial charge in [-0.05, 0) is 0 Å². The van der Waals surface area contributed by atoms with E-state index in [9.17, 15) is 0 Å². The van der Waals surface area contributed by atoms with Crippen LogP contribution in [-0.4, -0.2) is 14.5 Å². The fraction of sp³-hybridized carbons (Fsp3) is 1.00. The molecule has 0 aromatic carbocycles. The van der Waals surface area contributed by atoms with E-state index in [1.165, 1.54) is 0 Å². The Labute approximate surface area is 79.8 Å². The van der Waals surface area contributed by atoms with Crippen molar-refractivity contribution in [1.29, 1.82) is 0 Å². The van der Waals surface area contributed by atoms with E-state index in [0.29, 0.717) is 0 Å². The van der Waals surface area contributed by atoms with Gasteiger partial charge in [-0.3, -0.25) is 0 Å². The third kappa shape index (κ3) is 2.17. The molecule has 0 saturated carbocycles. The van der Waals surface area contributed by atoms with Crippen LogP contribution in [0.5, 0.6) is 0 Å². The zero-order chi connectivity index (χ0) is 8.86. The molecule has 7 heteroatoms. The van der Waals surface area contributed by atoms with Gasteiger partial charge in [0, 0.05) is 0 Å². The first kappa shape index (κ1) is 9.44. The van der Waals surface area contributed by atoms with E-state index in [1.807, 2.05) is 0 Å². The van der Waals surface area contributed by atoms with Gasteiger partial charge >= 0.3 is 79.7 Å². The standard InChI is InChI=1S/C5H8IN6/c7-11-9-5(10-12-8)1-3-6-4-2-5/h1-4H2/q-1. The summed E-state index contributed by atoms with van der Waals surface area (Å²) in [5.74, 6) is 0. The molecule has 0 N–H and O–H groups in total. The quantitative estimate of drug-likeness (QED) is 0.208. The Morgan fingerprint density at radius 1 is 1.08 bits per heavy atom. The Morgan fingerprint density at radius 2 is 1.58 bits per heavy atom. The second-order valence-corrected chi connectivity index (χ2v) is 5.66. The Bertz CT molecular complexity index is 225. The van der Waals surface area contributed by atoms with Crippen LogP contribution in [0.2, 0.25) is 0 Å². The summed E-state index contributed by atoms with van der Waals surface area (Å²) in [7, 11) is 0.